The molecule has 0 aliphatic heterocycles. The van der Waals surface area contributed by atoms with Crippen molar-refractivity contribution in [2.75, 3.05) is 12.8 Å². The molecule has 0 radical (unpaired) electrons. The lowest BCUT2D eigenvalue weighted by Gasteiger charge is -2.14. The Kier molecular flexibility index (Phi) is 3.71. The van der Waals surface area contributed by atoms with E-state index in [2.05, 4.69) is 21.9 Å². The van der Waals surface area contributed by atoms with Crippen molar-refractivity contribution in [1.29, 1.82) is 0 Å². The third-order valence-electron chi connectivity index (χ3n) is 2.38. The normalized spacial score (nSPS) is 11.0. The van der Waals surface area contributed by atoms with Crippen LogP contribution in [0.1, 0.15) is 17.1 Å². The van der Waals surface area contributed by atoms with Gasteiger partial charge in [0.1, 0.15) is 0 Å². The Morgan fingerprint density at radius 2 is 2.00 bits per heavy atom. The van der Waals surface area contributed by atoms with Crippen LogP contribution in [0.2, 0.25) is 0 Å². The number of rotatable bonds is 4. The topological polar surface area (TPSA) is 55.0 Å². The van der Waals surface area contributed by atoms with E-state index < -0.39 is 0 Å². The van der Waals surface area contributed by atoms with Crippen LogP contribution in [0.5, 0.6) is 0 Å². The molecule has 0 spiro atoms. The second kappa shape index (κ2) is 5.25. The van der Waals surface area contributed by atoms with Gasteiger partial charge in [-0.3, -0.25) is 9.88 Å². The summed E-state index contributed by atoms with van der Waals surface area (Å²) in [4.78, 5) is 10.9. The van der Waals surface area contributed by atoms with Gasteiger partial charge in [0.05, 0.1) is 11.4 Å². The predicted molar refractivity (Wildman–Crippen MR) is 70.7 cm³/mol. The lowest BCUT2D eigenvalue weighted by Crippen LogP contribution is -2.18. The van der Waals surface area contributed by atoms with Crippen molar-refractivity contribution in [3.63, 3.8) is 0 Å². The molecule has 0 atom stereocenters. The van der Waals surface area contributed by atoms with E-state index in [1.165, 1.54) is 11.3 Å². The average molecular weight is 248 g/mol. The lowest BCUT2D eigenvalue weighted by atomic mass is 10.3. The van der Waals surface area contributed by atoms with Gasteiger partial charge in [-0.2, -0.15) is 0 Å². The van der Waals surface area contributed by atoms with Gasteiger partial charge in [-0.05, 0) is 26.1 Å². The van der Waals surface area contributed by atoms with Gasteiger partial charge >= 0.3 is 0 Å². The Labute approximate surface area is 105 Å². The molecular formula is C12H16N4S. The monoisotopic (exact) mass is 248 g/mol. The van der Waals surface area contributed by atoms with Crippen LogP contribution >= 0.6 is 11.3 Å². The van der Waals surface area contributed by atoms with Crippen LogP contribution < -0.4 is 5.73 Å². The summed E-state index contributed by atoms with van der Waals surface area (Å²) >= 11 is 1.48. The summed E-state index contributed by atoms with van der Waals surface area (Å²) in [7, 11) is 2.06. The number of nitrogen functional groups attached to an aromatic ring is 1. The maximum Gasteiger partial charge on any atom is 0.180 e. The van der Waals surface area contributed by atoms with Crippen LogP contribution in [0.15, 0.2) is 23.6 Å². The van der Waals surface area contributed by atoms with Crippen molar-refractivity contribution in [2.24, 2.45) is 0 Å². The van der Waals surface area contributed by atoms with Gasteiger partial charge in [0, 0.05) is 24.2 Å². The first-order valence-electron chi connectivity index (χ1n) is 5.44. The molecule has 0 aliphatic rings. The average Bonchev–Trinajstić information content (AvgIpc) is 2.63. The van der Waals surface area contributed by atoms with Gasteiger partial charge in [0.2, 0.25) is 0 Å². The van der Waals surface area contributed by atoms with Crippen LogP contribution in [0.25, 0.3) is 0 Å². The molecule has 2 rings (SSSR count). The molecule has 2 heterocycles. The molecule has 2 aromatic rings. The quantitative estimate of drug-likeness (QED) is 0.900. The predicted octanol–water partition coefficient (Wildman–Crippen LogP) is 2.06. The van der Waals surface area contributed by atoms with Crippen molar-refractivity contribution >= 4 is 16.5 Å². The van der Waals surface area contributed by atoms with E-state index in [4.69, 9.17) is 5.73 Å². The first-order chi connectivity index (χ1) is 8.13. The van der Waals surface area contributed by atoms with Gasteiger partial charge < -0.3 is 5.73 Å². The van der Waals surface area contributed by atoms with E-state index in [-0.39, 0.29) is 0 Å². The minimum absolute atomic E-state index is 0.627. The largest absolute Gasteiger partial charge is 0.375 e. The lowest BCUT2D eigenvalue weighted by molar-refractivity contribution is 0.312. The van der Waals surface area contributed by atoms with Gasteiger partial charge in [-0.15, -0.1) is 11.3 Å². The molecule has 0 fully saturated rings. The van der Waals surface area contributed by atoms with Crippen molar-refractivity contribution in [2.45, 2.75) is 20.0 Å². The third kappa shape index (κ3) is 3.51. The zero-order valence-corrected chi connectivity index (χ0v) is 10.9. The number of pyridine rings is 1. The van der Waals surface area contributed by atoms with Gasteiger partial charge in [0.25, 0.3) is 0 Å². The molecule has 0 amide bonds. The fraction of sp³-hybridized carbons (Fsp3) is 0.333. The molecule has 0 saturated heterocycles. The number of nitrogens with two attached hydrogens (primary N) is 1. The van der Waals surface area contributed by atoms with E-state index in [0.717, 1.165) is 30.2 Å². The van der Waals surface area contributed by atoms with Gasteiger partial charge in [0.15, 0.2) is 5.13 Å². The molecule has 2 aromatic heterocycles. The molecule has 0 bridgehead atoms. The maximum absolute atomic E-state index is 5.60. The number of hydrogen-bond acceptors (Lipinski definition) is 5. The summed E-state index contributed by atoms with van der Waals surface area (Å²) in [5.74, 6) is 0. The molecule has 0 aliphatic carbocycles. The summed E-state index contributed by atoms with van der Waals surface area (Å²) in [5, 5.41) is 2.62. The van der Waals surface area contributed by atoms with Crippen LogP contribution in [0.4, 0.5) is 5.13 Å². The number of aromatic nitrogens is 2. The van der Waals surface area contributed by atoms with E-state index >= 15 is 0 Å². The van der Waals surface area contributed by atoms with E-state index in [0.29, 0.717) is 5.13 Å². The van der Waals surface area contributed by atoms with Crippen LogP contribution in [-0.2, 0) is 13.1 Å². The molecule has 4 nitrogen and oxygen atoms in total. The summed E-state index contributed by atoms with van der Waals surface area (Å²) in [5.41, 5.74) is 8.75. The minimum Gasteiger partial charge on any atom is -0.375 e. The summed E-state index contributed by atoms with van der Waals surface area (Å²) < 4.78 is 0. The fourth-order valence-electron chi connectivity index (χ4n) is 1.69. The van der Waals surface area contributed by atoms with Crippen LogP contribution in [0, 0.1) is 6.92 Å². The number of nitrogens with zero attached hydrogens (tertiary/aromatic N) is 3. The second-order valence-corrected chi connectivity index (χ2v) is 5.01. The maximum atomic E-state index is 5.60. The minimum atomic E-state index is 0.627. The zero-order valence-electron chi connectivity index (χ0n) is 10.1. The summed E-state index contributed by atoms with van der Waals surface area (Å²) in [6, 6.07) is 6.08. The van der Waals surface area contributed by atoms with Crippen LogP contribution in [0.3, 0.4) is 0 Å². The fourth-order valence-corrected chi connectivity index (χ4v) is 2.25. The Balaban J connectivity index is 1.95. The number of thiazole rings is 1. The molecule has 2 N–H and O–H groups in total. The highest BCUT2D eigenvalue weighted by Gasteiger charge is 2.05. The Bertz CT molecular complexity index is 495. The zero-order chi connectivity index (χ0) is 12.3. The van der Waals surface area contributed by atoms with Crippen molar-refractivity contribution in [3.05, 3.63) is 40.7 Å². The van der Waals surface area contributed by atoms with Crippen LogP contribution in [-0.4, -0.2) is 21.9 Å². The molecule has 0 aromatic carbocycles. The second-order valence-electron chi connectivity index (χ2n) is 4.12. The first-order valence-corrected chi connectivity index (χ1v) is 6.32. The molecule has 17 heavy (non-hydrogen) atoms. The Hall–Kier alpha value is -1.46. The SMILES string of the molecule is Cc1cccc(CN(C)Cc2csc(N)n2)n1. The standard InChI is InChI=1S/C12H16N4S/c1-9-4-3-5-10(14-9)6-16(2)7-11-8-17-12(13)15-11/h3-5,8H,6-7H2,1-2H3,(H2,13,15). The molecule has 0 unspecified atom stereocenters. The molecule has 90 valence electrons. The highest BCUT2D eigenvalue weighted by atomic mass is 32.1. The molecular weight excluding hydrogens is 232 g/mol. The highest BCUT2D eigenvalue weighted by Crippen LogP contribution is 2.13. The van der Waals surface area contributed by atoms with Crippen molar-refractivity contribution in [1.82, 2.24) is 14.9 Å². The van der Waals surface area contributed by atoms with E-state index in [1.54, 1.807) is 0 Å². The number of aryl methyl sites for hydroxylation is 1. The molecule has 5 heteroatoms. The molecule has 0 saturated carbocycles. The van der Waals surface area contributed by atoms with Crippen molar-refractivity contribution < 1.29 is 0 Å². The van der Waals surface area contributed by atoms with E-state index in [1.807, 2.05) is 30.5 Å². The summed E-state index contributed by atoms with van der Waals surface area (Å²) in [6.45, 7) is 3.62. The third-order valence-corrected chi connectivity index (χ3v) is 3.10. The van der Waals surface area contributed by atoms with Gasteiger partial charge in [-0.25, -0.2) is 4.98 Å². The first kappa shape index (κ1) is 12.0. The Morgan fingerprint density at radius 3 is 2.65 bits per heavy atom. The smallest absolute Gasteiger partial charge is 0.180 e. The number of hydrogen-bond donors (Lipinski definition) is 1. The summed E-state index contributed by atoms with van der Waals surface area (Å²) in [6.07, 6.45) is 0. The van der Waals surface area contributed by atoms with Crippen molar-refractivity contribution in [3.8, 4) is 0 Å². The number of anilines is 1. The Morgan fingerprint density at radius 1 is 1.24 bits per heavy atom. The van der Waals surface area contributed by atoms with E-state index in [9.17, 15) is 0 Å². The highest BCUT2D eigenvalue weighted by molar-refractivity contribution is 7.13. The van der Waals surface area contributed by atoms with Gasteiger partial charge in [-0.1, -0.05) is 6.07 Å².